The molecule has 0 amide bonds. The molecular weight excluding hydrogens is 549 g/mol. The lowest BCUT2D eigenvalue weighted by molar-refractivity contribution is 0.214. The van der Waals surface area contributed by atoms with Crippen molar-refractivity contribution in [1.82, 2.24) is 24.5 Å². The molecule has 2 aliphatic heterocycles. The van der Waals surface area contributed by atoms with E-state index < -0.39 is 16.3 Å². The Morgan fingerprint density at radius 3 is 2.53 bits per heavy atom. The highest BCUT2D eigenvalue weighted by Gasteiger charge is 2.49. The van der Waals surface area contributed by atoms with E-state index in [1.54, 1.807) is 16.6 Å². The van der Waals surface area contributed by atoms with Gasteiger partial charge in [-0.2, -0.15) is 5.10 Å². The molecule has 0 aliphatic carbocycles. The molecule has 198 valence electrons. The maximum Gasteiger partial charge on any atom is 0.211 e. The lowest BCUT2D eigenvalue weighted by atomic mass is 9.79. The SMILES string of the molecule is CS(=O)(=O)N1CCC2(CN(c3ccc(-c4n[nH]c5ccc(O[C@H](N)c6c(Cl)cncc6Cl)cc45)cn3)C2)C1. The van der Waals surface area contributed by atoms with E-state index >= 15 is 0 Å². The third-order valence-electron chi connectivity index (χ3n) is 7.24. The van der Waals surface area contributed by atoms with Gasteiger partial charge >= 0.3 is 0 Å². The minimum atomic E-state index is -3.15. The number of rotatable bonds is 6. The number of aromatic amines is 1. The van der Waals surface area contributed by atoms with Crippen molar-refractivity contribution in [2.45, 2.75) is 12.6 Å². The van der Waals surface area contributed by atoms with Gasteiger partial charge in [0.1, 0.15) is 17.3 Å². The molecule has 1 aromatic carbocycles. The van der Waals surface area contributed by atoms with Crippen LogP contribution >= 0.6 is 23.2 Å². The zero-order valence-corrected chi connectivity index (χ0v) is 22.8. The van der Waals surface area contributed by atoms with Gasteiger partial charge in [-0.05, 0) is 36.8 Å². The van der Waals surface area contributed by atoms with Crippen LogP contribution in [0.25, 0.3) is 22.2 Å². The molecule has 0 bridgehead atoms. The van der Waals surface area contributed by atoms with Crippen molar-refractivity contribution < 1.29 is 13.2 Å². The van der Waals surface area contributed by atoms with Crippen molar-refractivity contribution in [2.75, 3.05) is 37.3 Å². The van der Waals surface area contributed by atoms with E-state index in [-0.39, 0.29) is 5.41 Å². The average molecular weight is 574 g/mol. The van der Waals surface area contributed by atoms with Crippen LogP contribution < -0.4 is 15.4 Å². The number of pyridine rings is 2. The lowest BCUT2D eigenvalue weighted by Gasteiger charge is -2.48. The Morgan fingerprint density at radius 1 is 1.11 bits per heavy atom. The molecule has 38 heavy (non-hydrogen) atoms. The number of halogens is 2. The van der Waals surface area contributed by atoms with Crippen molar-refractivity contribution >= 4 is 49.9 Å². The van der Waals surface area contributed by atoms with Crippen LogP contribution in [-0.4, -0.2) is 65.3 Å². The second-order valence-electron chi connectivity index (χ2n) is 9.94. The van der Waals surface area contributed by atoms with Crippen molar-refractivity contribution in [3.63, 3.8) is 0 Å². The Hall–Kier alpha value is -2.96. The number of benzene rings is 1. The van der Waals surface area contributed by atoms with Crippen molar-refractivity contribution in [3.8, 4) is 17.0 Å². The first-order valence-corrected chi connectivity index (χ1v) is 14.6. The van der Waals surface area contributed by atoms with Crippen molar-refractivity contribution in [2.24, 2.45) is 11.1 Å². The molecule has 0 saturated carbocycles. The van der Waals surface area contributed by atoms with E-state index in [0.717, 1.165) is 47.5 Å². The molecule has 1 spiro atoms. The summed E-state index contributed by atoms with van der Waals surface area (Å²) in [7, 11) is -3.15. The number of aromatic nitrogens is 4. The highest BCUT2D eigenvalue weighted by molar-refractivity contribution is 7.88. The molecule has 2 aliphatic rings. The molecule has 6 rings (SSSR count). The van der Waals surface area contributed by atoms with Gasteiger partial charge in [0.05, 0.1) is 21.8 Å². The van der Waals surface area contributed by atoms with Gasteiger partial charge < -0.3 is 9.64 Å². The average Bonchev–Trinajstić information content (AvgIpc) is 3.48. The van der Waals surface area contributed by atoms with Crippen LogP contribution in [0.5, 0.6) is 5.75 Å². The molecule has 3 aromatic heterocycles. The molecule has 3 N–H and O–H groups in total. The summed E-state index contributed by atoms with van der Waals surface area (Å²) in [5.41, 5.74) is 9.15. The minimum absolute atomic E-state index is 0.0177. The predicted octanol–water partition coefficient (Wildman–Crippen LogP) is 3.83. The zero-order chi connectivity index (χ0) is 26.7. The summed E-state index contributed by atoms with van der Waals surface area (Å²) < 4.78 is 31.3. The number of hydrogen-bond acceptors (Lipinski definition) is 8. The highest BCUT2D eigenvalue weighted by atomic mass is 35.5. The van der Waals surface area contributed by atoms with Crippen LogP contribution in [0, 0.1) is 5.41 Å². The van der Waals surface area contributed by atoms with E-state index in [1.807, 2.05) is 24.3 Å². The van der Waals surface area contributed by atoms with Crippen LogP contribution in [0.15, 0.2) is 48.9 Å². The standard InChI is InChI=1S/C25H25Cl2N7O3S/c1-38(35,36)34-7-6-25(14-34)12-33(13-25)21-5-2-15(9-30-21)23-17-8-16(3-4-20(17)31-32-23)37-24(28)22-18(26)10-29-11-19(22)27/h2-5,8-11,24H,6-7,12-14,28H2,1H3,(H,31,32)/t24-/m0/s1. The van der Waals surface area contributed by atoms with Gasteiger partial charge in [-0.1, -0.05) is 23.2 Å². The van der Waals surface area contributed by atoms with Crippen LogP contribution in [-0.2, 0) is 10.0 Å². The van der Waals surface area contributed by atoms with Gasteiger partial charge in [-0.25, -0.2) is 17.7 Å². The largest absolute Gasteiger partial charge is 0.471 e. The first-order valence-electron chi connectivity index (χ1n) is 12.0. The van der Waals surface area contributed by atoms with Crippen LogP contribution in [0.4, 0.5) is 5.82 Å². The van der Waals surface area contributed by atoms with E-state index in [2.05, 4.69) is 25.1 Å². The van der Waals surface area contributed by atoms with E-state index in [4.69, 9.17) is 33.7 Å². The number of anilines is 1. The van der Waals surface area contributed by atoms with Crippen LogP contribution in [0.2, 0.25) is 10.0 Å². The van der Waals surface area contributed by atoms with Gasteiger partial charge in [0.25, 0.3) is 0 Å². The van der Waals surface area contributed by atoms with Gasteiger partial charge in [0.2, 0.25) is 10.0 Å². The summed E-state index contributed by atoms with van der Waals surface area (Å²) >= 11 is 12.4. The number of hydrogen-bond donors (Lipinski definition) is 2. The highest BCUT2D eigenvalue weighted by Crippen LogP contribution is 2.42. The minimum Gasteiger partial charge on any atom is -0.471 e. The van der Waals surface area contributed by atoms with Crippen LogP contribution in [0.1, 0.15) is 18.2 Å². The zero-order valence-electron chi connectivity index (χ0n) is 20.4. The number of ether oxygens (including phenoxy) is 1. The summed E-state index contributed by atoms with van der Waals surface area (Å²) in [6.45, 7) is 2.75. The predicted molar refractivity (Wildman–Crippen MR) is 147 cm³/mol. The molecule has 5 heterocycles. The van der Waals surface area contributed by atoms with Crippen molar-refractivity contribution in [3.05, 3.63) is 64.5 Å². The summed E-state index contributed by atoms with van der Waals surface area (Å²) in [5, 5.41) is 9.05. The fourth-order valence-electron chi connectivity index (χ4n) is 5.26. The molecule has 4 aromatic rings. The number of H-pyrrole nitrogens is 1. The number of nitrogens with two attached hydrogens (primary N) is 1. The summed E-state index contributed by atoms with van der Waals surface area (Å²) in [6.07, 6.45) is 6.01. The Bertz CT molecular complexity index is 1600. The van der Waals surface area contributed by atoms with Gasteiger partial charge in [0, 0.05) is 66.7 Å². The van der Waals surface area contributed by atoms with Crippen LogP contribution in [0.3, 0.4) is 0 Å². The quantitative estimate of drug-likeness (QED) is 0.333. The van der Waals surface area contributed by atoms with Gasteiger partial charge in [-0.15, -0.1) is 0 Å². The Kier molecular flexibility index (Phi) is 6.23. The Morgan fingerprint density at radius 2 is 1.87 bits per heavy atom. The Balaban J connectivity index is 1.18. The molecule has 0 unspecified atom stereocenters. The first kappa shape index (κ1) is 25.3. The van der Waals surface area contributed by atoms with Gasteiger partial charge in [-0.3, -0.25) is 15.8 Å². The van der Waals surface area contributed by atoms with E-state index in [9.17, 15) is 8.42 Å². The second kappa shape index (κ2) is 9.35. The number of fused-ring (bicyclic) bond motifs is 1. The summed E-state index contributed by atoms with van der Waals surface area (Å²) in [5.74, 6) is 1.39. The molecule has 2 fully saturated rings. The fourth-order valence-corrected chi connectivity index (χ4v) is 6.77. The molecule has 2 saturated heterocycles. The number of nitrogens with zero attached hydrogens (tertiary/aromatic N) is 5. The normalized spacial score (nSPS) is 18.2. The smallest absolute Gasteiger partial charge is 0.211 e. The van der Waals surface area contributed by atoms with Crippen molar-refractivity contribution in [1.29, 1.82) is 0 Å². The maximum atomic E-state index is 11.9. The Labute approximate surface area is 229 Å². The first-order chi connectivity index (χ1) is 18.1. The molecule has 13 heteroatoms. The maximum absolute atomic E-state index is 11.9. The molecular formula is C25H25Cl2N7O3S. The third kappa shape index (κ3) is 4.58. The summed E-state index contributed by atoms with van der Waals surface area (Å²) in [4.78, 5) is 10.8. The second-order valence-corrected chi connectivity index (χ2v) is 12.7. The number of sulfonamides is 1. The topological polar surface area (TPSA) is 130 Å². The lowest BCUT2D eigenvalue weighted by Crippen LogP contribution is -2.58. The molecule has 10 nitrogen and oxygen atoms in total. The summed E-state index contributed by atoms with van der Waals surface area (Å²) in [6, 6.07) is 9.47. The fraction of sp³-hybridized carbons (Fsp3) is 0.320. The number of nitrogens with one attached hydrogen (secondary N) is 1. The third-order valence-corrected chi connectivity index (χ3v) is 9.09. The monoisotopic (exact) mass is 573 g/mol. The van der Waals surface area contributed by atoms with E-state index in [1.165, 1.54) is 18.6 Å². The molecule has 1 atom stereocenters. The molecule has 0 radical (unpaired) electrons. The van der Waals surface area contributed by atoms with Gasteiger partial charge in [0.15, 0.2) is 6.23 Å². The van der Waals surface area contributed by atoms with E-state index in [0.29, 0.717) is 34.4 Å².